The van der Waals surface area contributed by atoms with Gasteiger partial charge in [0.1, 0.15) is 5.82 Å². The van der Waals surface area contributed by atoms with Crippen molar-refractivity contribution in [1.82, 2.24) is 4.90 Å². The van der Waals surface area contributed by atoms with Gasteiger partial charge in [-0.25, -0.2) is 4.39 Å². The maximum absolute atomic E-state index is 13.7. The van der Waals surface area contributed by atoms with Crippen molar-refractivity contribution in [1.29, 1.82) is 0 Å². The molecule has 1 aromatic rings. The summed E-state index contributed by atoms with van der Waals surface area (Å²) in [6.45, 7) is 0.699. The fraction of sp³-hybridized carbons (Fsp3) is 0.533. The van der Waals surface area contributed by atoms with Gasteiger partial charge in [0.2, 0.25) is 0 Å². The van der Waals surface area contributed by atoms with Gasteiger partial charge in [-0.2, -0.15) is 0 Å². The average molecular weight is 284 g/mol. The SMILES string of the molecule is CN(CC1CCCCC1)C(=O)c1cc(Cl)ccc1F. The van der Waals surface area contributed by atoms with Gasteiger partial charge in [0.25, 0.3) is 5.91 Å². The molecule has 1 fully saturated rings. The molecule has 0 spiro atoms. The van der Waals surface area contributed by atoms with E-state index in [0.717, 1.165) is 12.8 Å². The Morgan fingerprint density at radius 2 is 2.05 bits per heavy atom. The molecule has 19 heavy (non-hydrogen) atoms. The first-order valence-corrected chi connectivity index (χ1v) is 7.16. The molecular formula is C15H19ClFNO. The highest BCUT2D eigenvalue weighted by Crippen LogP contribution is 2.25. The number of halogens is 2. The van der Waals surface area contributed by atoms with Gasteiger partial charge < -0.3 is 4.90 Å². The molecule has 0 aromatic heterocycles. The molecule has 1 aliphatic carbocycles. The summed E-state index contributed by atoms with van der Waals surface area (Å²) in [7, 11) is 1.73. The van der Waals surface area contributed by atoms with E-state index in [1.807, 2.05) is 0 Å². The number of rotatable bonds is 3. The Kier molecular flexibility index (Phi) is 4.81. The van der Waals surface area contributed by atoms with Gasteiger partial charge in [0.15, 0.2) is 0 Å². The van der Waals surface area contributed by atoms with Gasteiger partial charge in [-0.3, -0.25) is 4.79 Å². The molecule has 2 nitrogen and oxygen atoms in total. The largest absolute Gasteiger partial charge is 0.341 e. The fourth-order valence-electron chi connectivity index (χ4n) is 2.71. The second kappa shape index (κ2) is 6.38. The van der Waals surface area contributed by atoms with E-state index >= 15 is 0 Å². The van der Waals surface area contributed by atoms with Crippen molar-refractivity contribution in [2.24, 2.45) is 5.92 Å². The smallest absolute Gasteiger partial charge is 0.256 e. The van der Waals surface area contributed by atoms with E-state index in [-0.39, 0.29) is 11.5 Å². The third-order valence-corrected chi connectivity index (χ3v) is 4.00. The number of benzene rings is 1. The molecular weight excluding hydrogens is 265 g/mol. The van der Waals surface area contributed by atoms with Crippen LogP contribution in [-0.2, 0) is 0 Å². The van der Waals surface area contributed by atoms with Crippen molar-refractivity contribution < 1.29 is 9.18 Å². The molecule has 104 valence electrons. The number of carbonyl (C=O) groups is 1. The summed E-state index contributed by atoms with van der Waals surface area (Å²) in [5.74, 6) is -0.250. The zero-order valence-electron chi connectivity index (χ0n) is 11.2. The van der Waals surface area contributed by atoms with E-state index in [1.165, 1.54) is 37.5 Å². The molecule has 0 N–H and O–H groups in total. The van der Waals surface area contributed by atoms with Crippen LogP contribution in [0.2, 0.25) is 5.02 Å². The number of nitrogens with zero attached hydrogens (tertiary/aromatic N) is 1. The van der Waals surface area contributed by atoms with Gasteiger partial charge in [0.05, 0.1) is 5.56 Å². The van der Waals surface area contributed by atoms with Crippen LogP contribution in [-0.4, -0.2) is 24.4 Å². The lowest BCUT2D eigenvalue weighted by molar-refractivity contribution is 0.0756. The van der Waals surface area contributed by atoms with Crippen LogP contribution in [0.1, 0.15) is 42.5 Å². The van der Waals surface area contributed by atoms with Crippen LogP contribution in [0.5, 0.6) is 0 Å². The third-order valence-electron chi connectivity index (χ3n) is 3.76. The van der Waals surface area contributed by atoms with E-state index in [9.17, 15) is 9.18 Å². The summed E-state index contributed by atoms with van der Waals surface area (Å²) in [6.07, 6.45) is 6.08. The highest BCUT2D eigenvalue weighted by atomic mass is 35.5. The van der Waals surface area contributed by atoms with Crippen LogP contribution >= 0.6 is 11.6 Å². The summed E-state index contributed by atoms with van der Waals surface area (Å²) in [4.78, 5) is 13.8. The monoisotopic (exact) mass is 283 g/mol. The Bertz CT molecular complexity index is 457. The Labute approximate surface area is 118 Å². The van der Waals surface area contributed by atoms with Gasteiger partial charge in [-0.1, -0.05) is 30.9 Å². The predicted molar refractivity (Wildman–Crippen MR) is 74.9 cm³/mol. The lowest BCUT2D eigenvalue weighted by Gasteiger charge is -2.27. The molecule has 0 bridgehead atoms. The summed E-state index contributed by atoms with van der Waals surface area (Å²) in [5, 5.41) is 0.385. The molecule has 1 saturated carbocycles. The van der Waals surface area contributed by atoms with E-state index in [4.69, 9.17) is 11.6 Å². The van der Waals surface area contributed by atoms with Crippen molar-refractivity contribution in [3.63, 3.8) is 0 Å². The van der Waals surface area contributed by atoms with E-state index < -0.39 is 5.82 Å². The minimum absolute atomic E-state index is 0.0609. The normalized spacial score (nSPS) is 16.4. The maximum atomic E-state index is 13.7. The summed E-state index contributed by atoms with van der Waals surface area (Å²) in [5.41, 5.74) is 0.0609. The van der Waals surface area contributed by atoms with Crippen LogP contribution in [0.25, 0.3) is 0 Å². The van der Waals surface area contributed by atoms with Crippen molar-refractivity contribution in [3.8, 4) is 0 Å². The van der Waals surface area contributed by atoms with Gasteiger partial charge in [0, 0.05) is 18.6 Å². The standard InChI is InChI=1S/C15H19ClFNO/c1-18(10-11-5-3-2-4-6-11)15(19)13-9-12(16)7-8-14(13)17/h7-9,11H,2-6,10H2,1H3. The number of hydrogen-bond acceptors (Lipinski definition) is 1. The zero-order valence-corrected chi connectivity index (χ0v) is 11.9. The Hall–Kier alpha value is -1.09. The number of hydrogen-bond donors (Lipinski definition) is 0. The zero-order chi connectivity index (χ0) is 13.8. The molecule has 0 heterocycles. The van der Waals surface area contributed by atoms with Crippen LogP contribution in [0.15, 0.2) is 18.2 Å². The van der Waals surface area contributed by atoms with E-state index in [2.05, 4.69) is 0 Å². The Morgan fingerprint density at radius 1 is 1.37 bits per heavy atom. The lowest BCUT2D eigenvalue weighted by Crippen LogP contribution is -2.33. The van der Waals surface area contributed by atoms with Crippen LogP contribution in [0.3, 0.4) is 0 Å². The molecule has 0 saturated heterocycles. The summed E-state index contributed by atoms with van der Waals surface area (Å²) < 4.78 is 13.7. The van der Waals surface area contributed by atoms with Gasteiger partial charge in [-0.15, -0.1) is 0 Å². The second-order valence-corrected chi connectivity index (χ2v) is 5.75. The molecule has 0 aliphatic heterocycles. The first-order chi connectivity index (χ1) is 9.08. The molecule has 4 heteroatoms. The van der Waals surface area contributed by atoms with Gasteiger partial charge >= 0.3 is 0 Å². The van der Waals surface area contributed by atoms with Crippen molar-refractivity contribution in [2.45, 2.75) is 32.1 Å². The third kappa shape index (κ3) is 3.69. The van der Waals surface area contributed by atoms with Crippen LogP contribution < -0.4 is 0 Å². The number of carbonyl (C=O) groups excluding carboxylic acids is 1. The lowest BCUT2D eigenvalue weighted by atomic mass is 9.89. The topological polar surface area (TPSA) is 20.3 Å². The molecule has 2 rings (SSSR count). The summed E-state index contributed by atoms with van der Waals surface area (Å²) in [6, 6.07) is 4.09. The van der Waals surface area contributed by atoms with Crippen LogP contribution in [0.4, 0.5) is 4.39 Å². The quantitative estimate of drug-likeness (QED) is 0.817. The van der Waals surface area contributed by atoms with Crippen molar-refractivity contribution in [3.05, 3.63) is 34.6 Å². The fourth-order valence-corrected chi connectivity index (χ4v) is 2.88. The van der Waals surface area contributed by atoms with E-state index in [0.29, 0.717) is 17.5 Å². The molecule has 0 atom stereocenters. The highest BCUT2D eigenvalue weighted by Gasteiger charge is 2.21. The highest BCUT2D eigenvalue weighted by molar-refractivity contribution is 6.30. The molecule has 1 aromatic carbocycles. The molecule has 1 aliphatic rings. The minimum atomic E-state index is -0.509. The van der Waals surface area contributed by atoms with Crippen LogP contribution in [0, 0.1) is 11.7 Å². The van der Waals surface area contributed by atoms with Gasteiger partial charge in [-0.05, 0) is 37.0 Å². The number of amides is 1. The Morgan fingerprint density at radius 3 is 2.74 bits per heavy atom. The minimum Gasteiger partial charge on any atom is -0.341 e. The van der Waals surface area contributed by atoms with Crippen molar-refractivity contribution >= 4 is 17.5 Å². The van der Waals surface area contributed by atoms with Crippen molar-refractivity contribution in [2.75, 3.05) is 13.6 Å². The first-order valence-electron chi connectivity index (χ1n) is 6.78. The van der Waals surface area contributed by atoms with E-state index in [1.54, 1.807) is 11.9 Å². The predicted octanol–water partition coefficient (Wildman–Crippen LogP) is 4.13. The second-order valence-electron chi connectivity index (χ2n) is 5.31. The summed E-state index contributed by atoms with van der Waals surface area (Å²) >= 11 is 5.82. The maximum Gasteiger partial charge on any atom is 0.256 e. The molecule has 0 unspecified atom stereocenters. The Balaban J connectivity index is 2.03. The molecule has 1 amide bonds. The average Bonchev–Trinajstić information content (AvgIpc) is 2.42. The first kappa shape index (κ1) is 14.3. The molecule has 0 radical (unpaired) electrons.